The van der Waals surface area contributed by atoms with Gasteiger partial charge in [0.15, 0.2) is 30.1 Å². The molecule has 0 spiro atoms. The lowest BCUT2D eigenvalue weighted by atomic mass is 9.86. The lowest BCUT2D eigenvalue weighted by molar-refractivity contribution is -0.869. The third kappa shape index (κ3) is 25.5. The number of primary amides is 1. The Labute approximate surface area is 825 Å². The van der Waals surface area contributed by atoms with Gasteiger partial charge >= 0.3 is 12.3 Å². The number of quaternary nitrogens is 1. The summed E-state index contributed by atoms with van der Waals surface area (Å²) >= 11 is 14.6. The number of nitrogens with two attached hydrogens (primary N) is 2. The Morgan fingerprint density at radius 1 is 0.669 bits per heavy atom. The Kier molecular flexibility index (Phi) is 35.0. The monoisotopic (exact) mass is 2050 g/mol. The van der Waals surface area contributed by atoms with Crippen LogP contribution < -0.4 is 96.0 Å². The maximum Gasteiger partial charge on any atom is 0.573 e. The van der Waals surface area contributed by atoms with Crippen molar-refractivity contribution in [2.24, 2.45) is 17.4 Å². The van der Waals surface area contributed by atoms with Gasteiger partial charge in [-0.1, -0.05) is 73.4 Å². The molecule has 0 saturated carbocycles. The number of likely N-dealkylation sites (N-methyl/N-ethyl adjacent to an activating group) is 2. The van der Waals surface area contributed by atoms with Crippen LogP contribution in [0.4, 0.5) is 18.9 Å². The molecule has 3 fully saturated rings. The molecule has 142 heavy (non-hydrogen) atoms. The van der Waals surface area contributed by atoms with E-state index in [9.17, 15) is 93.6 Å². The number of benzene rings is 7. The molecule has 8 heterocycles. The quantitative estimate of drug-likeness (QED) is 0.0210. The summed E-state index contributed by atoms with van der Waals surface area (Å²) in [6.45, 7) is 5.30. The second-order valence-electron chi connectivity index (χ2n) is 36.7. The zero-order chi connectivity index (χ0) is 103. The van der Waals surface area contributed by atoms with Crippen molar-refractivity contribution < 1.29 is 177 Å². The van der Waals surface area contributed by atoms with E-state index in [4.69, 9.17) is 72.6 Å². The van der Waals surface area contributed by atoms with Crippen LogP contribution in [0.2, 0.25) is 10.0 Å². The Hall–Kier alpha value is -11.7. The van der Waals surface area contributed by atoms with Gasteiger partial charge in [0.05, 0.1) is 74.6 Å². The number of hydrogen-bond acceptors (Lipinski definition) is 33. The summed E-state index contributed by atoms with van der Waals surface area (Å²) in [6, 6.07) is 8.26. The van der Waals surface area contributed by atoms with E-state index in [1.54, 1.807) is 19.9 Å². The van der Waals surface area contributed by atoms with Crippen molar-refractivity contribution in [3.05, 3.63) is 176 Å². The molecule has 7 aromatic rings. The number of hydrogen-bond donors (Lipinski definition) is 24. The molecule has 8 amide bonds. The topological polar surface area (TPSA) is 652 Å². The SMILES string of the molecule is CN[C@H](CC(C)C)C(=O)NC1C(=O)N[C@@H](CC(N)=O)C(=O)N[C@H]2C(=O)N[C@H]3C(=O)N[C@H](C(=O)N[C@@H](C(=O)O)c4cc(O)c(CNCC[N+](C)(C)C)c(O)c4-c4cc3ccc4O)[C@H](O[C@H]3C[C@](C)(N)[C@@H](O)[C@H](C)O3)c3ccc(c(Cl)c3)Oc3cc2cc(c3O[C@@H]2O[C@H](CO)[C@@H](O[C@@H]3O[C@H](CNCc4cccc(NC(=O)c5cccc(OC(F)(F)F)c5)c4)[C@H](O)[C@H](O)[C@H]3O)[C@H](O)[C@H]2O)Oc2ccc(cc2Cl)[C@H]1O.[Cl-]. The Balaban J connectivity index is 0.0000180. The molecule has 26 N–H and O–H groups in total. The van der Waals surface area contributed by atoms with Gasteiger partial charge in [-0.15, -0.1) is 13.2 Å². The number of aliphatic hydroxyl groups excluding tert-OH is 8. The molecule has 0 radical (unpaired) electrons. The molecule has 0 aromatic heterocycles. The Morgan fingerprint density at radius 2 is 1.30 bits per heavy atom. The number of nitrogens with one attached hydrogen (secondary N) is 10. The summed E-state index contributed by atoms with van der Waals surface area (Å²) in [6.07, 6.45) is -35.5. The van der Waals surface area contributed by atoms with Crippen LogP contribution in [0.3, 0.4) is 0 Å². The van der Waals surface area contributed by atoms with Gasteiger partial charge in [0.1, 0.15) is 126 Å². The smallest absolute Gasteiger partial charge is 0.573 e. The van der Waals surface area contributed by atoms with E-state index in [1.807, 2.05) is 21.1 Å². The highest BCUT2D eigenvalue weighted by Gasteiger charge is 2.54. The average Bonchev–Trinajstić information content (AvgIpc) is 0.765. The van der Waals surface area contributed by atoms with Crippen LogP contribution in [0.15, 0.2) is 121 Å². The molecule has 8 aliphatic heterocycles. The summed E-state index contributed by atoms with van der Waals surface area (Å²) in [5, 5.41) is 168. The van der Waals surface area contributed by atoms with Crippen molar-refractivity contribution in [2.45, 2.75) is 206 Å². The summed E-state index contributed by atoms with van der Waals surface area (Å²) in [5.74, 6) is -18.5. The molecule has 15 rings (SSSR count). The number of fused-ring (bicyclic) bond motifs is 15. The molecule has 3 saturated heterocycles. The number of anilines is 1. The number of ether oxygens (including phenoxy) is 9. The maximum absolute atomic E-state index is 16.7. The molecule has 8 aliphatic rings. The fourth-order valence-electron chi connectivity index (χ4n) is 17.0. The molecule has 1 unspecified atom stereocenters. The van der Waals surface area contributed by atoms with Crippen LogP contribution in [0.25, 0.3) is 11.1 Å². The number of aromatic hydroxyl groups is 3. The number of carbonyl (C=O) groups is 9. The van der Waals surface area contributed by atoms with E-state index < -0.39 is 309 Å². The number of alkyl halides is 3. The van der Waals surface area contributed by atoms with Gasteiger partial charge in [-0.25, -0.2) is 4.79 Å². The minimum absolute atomic E-state index is 0. The second-order valence-corrected chi connectivity index (χ2v) is 37.5. The zero-order valence-electron chi connectivity index (χ0n) is 77.3. The van der Waals surface area contributed by atoms with Crippen molar-refractivity contribution in [1.29, 1.82) is 0 Å². The van der Waals surface area contributed by atoms with E-state index >= 15 is 24.0 Å². The van der Waals surface area contributed by atoms with Gasteiger partial charge < -0.3 is 185 Å². The number of phenols is 3. The number of carboxylic acids is 1. The predicted octanol–water partition coefficient (Wildman–Crippen LogP) is -1.32. The van der Waals surface area contributed by atoms with Crippen LogP contribution in [-0.4, -0.2) is 289 Å². The second kappa shape index (κ2) is 45.5. The minimum Gasteiger partial charge on any atom is -1.00 e. The number of carbonyl (C=O) groups excluding carboxylic acids is 8. The number of amides is 8. The average molecular weight is 2050 g/mol. The Morgan fingerprint density at radius 3 is 1.94 bits per heavy atom. The molecule has 23 atom stereocenters. The summed E-state index contributed by atoms with van der Waals surface area (Å²) in [5.41, 5.74) is 8.08. The highest BCUT2D eigenvalue weighted by Crippen LogP contribution is 2.51. The van der Waals surface area contributed by atoms with E-state index in [2.05, 4.69) is 57.9 Å². The highest BCUT2D eigenvalue weighted by atomic mass is 35.5. The third-order valence-corrected chi connectivity index (χ3v) is 25.0. The van der Waals surface area contributed by atoms with Gasteiger partial charge in [0, 0.05) is 66.1 Å². The van der Waals surface area contributed by atoms with Gasteiger partial charge in [0.25, 0.3) is 5.91 Å². The van der Waals surface area contributed by atoms with Crippen molar-refractivity contribution in [1.82, 2.24) is 47.9 Å². The fourth-order valence-corrected chi connectivity index (χ4v) is 17.5. The fraction of sp³-hybridized carbons (Fsp3) is 0.452. The van der Waals surface area contributed by atoms with Crippen LogP contribution in [0.1, 0.15) is 127 Å². The van der Waals surface area contributed by atoms with Crippen LogP contribution >= 0.6 is 23.2 Å². The third-order valence-electron chi connectivity index (χ3n) is 24.4. The maximum atomic E-state index is 16.7. The van der Waals surface area contributed by atoms with Crippen molar-refractivity contribution in [2.75, 3.05) is 59.7 Å². The highest BCUT2D eigenvalue weighted by molar-refractivity contribution is 6.32. The van der Waals surface area contributed by atoms with Gasteiger partial charge in [0.2, 0.25) is 53.4 Å². The summed E-state index contributed by atoms with van der Waals surface area (Å²) in [7, 11) is 7.13. The van der Waals surface area contributed by atoms with Gasteiger partial charge in [-0.05, 0) is 146 Å². The number of phenolic OH excluding ortho intramolecular Hbond substituents is 3. The molecule has 49 heteroatoms. The van der Waals surface area contributed by atoms with Crippen LogP contribution in [-0.2, 0) is 75.1 Å². The zero-order valence-corrected chi connectivity index (χ0v) is 79.5. The van der Waals surface area contributed by atoms with E-state index in [0.29, 0.717) is 16.6 Å². The van der Waals surface area contributed by atoms with Crippen molar-refractivity contribution in [3.63, 3.8) is 0 Å². The lowest BCUT2D eigenvalue weighted by Gasteiger charge is -2.46. The standard InChI is InChI=1S/C93H110Cl2F3N13O30.ClH/c1-38(2)23-53(101-5)83(125)109-69-71(116)42-16-19-57(51(94)27-42)134-59-29-45-30-60(79(59)139-91-77(122)75(120)80(62(37-112)137-91)140-90-76(121)74(119)73(118)61(136-90)36-103-34-40-11-9-13-46(24-40)104-82(124)44-12-10-14-47(25-44)141-93(96,97)98)135-58-20-17-43(28-52(58)95)78(138-64-33-92(4,100)81(123)39(3)133-64)70-88(130)108-68(89(131)132)49-31-56(114)50(35-102-21-22-111(6,7)8)72(117)65(49)48-26-41(15-18-55(48)113)66(85(127)110-70)107-86(128)67(45)106-84(126)54(32-63(99)115)105-87(69)129;/h9-20,24-31,38-39,53-54,61-62,64,66-71,73-78,80-81,90-91,101-103,112,116,118-123H,21-23,32-37,100H2,1-8H3,(H12-,99,104,105,106,107,108,109,110,113,114,115,117,124,125,126,127,128,129,130,131,132);1H/t39-,53+,54-,61+,62+,64-,66+,67+,68+,69?,70-,71+,73-,74-,75+,76+,77+,78+,80+,81-,90-,91-,92-;/m0./s1. The number of carboxylic acid groups (broad SMARTS) is 1. The lowest BCUT2D eigenvalue weighted by Crippen LogP contribution is -3.00. The van der Waals surface area contributed by atoms with Crippen LogP contribution in [0, 0.1) is 5.92 Å². The molecule has 770 valence electrons. The Bertz CT molecular complexity index is 5830. The van der Waals surface area contributed by atoms with Gasteiger partial charge in [-0.2, -0.15) is 0 Å². The largest absolute Gasteiger partial charge is 1.00 e. The molecular formula is C93H111Cl3F3N13O30. The summed E-state index contributed by atoms with van der Waals surface area (Å²) < 4.78 is 94.8. The van der Waals surface area contributed by atoms with E-state index in [-0.39, 0.29) is 78.9 Å². The number of aliphatic hydroxyl groups is 8. The normalized spacial score (nSPS) is 27.7. The first-order valence-corrected chi connectivity index (χ1v) is 45.4. The number of aliphatic carboxylic acids is 1. The minimum atomic E-state index is -5.04. The number of halogens is 6. The molecule has 43 nitrogen and oxygen atoms in total. The summed E-state index contributed by atoms with van der Waals surface area (Å²) in [4.78, 5) is 135. The molecule has 11 bridgehead atoms. The predicted molar refractivity (Wildman–Crippen MR) is 489 cm³/mol. The number of nitrogens with zero attached hydrogens (tertiary/aromatic N) is 1. The van der Waals surface area contributed by atoms with E-state index in [0.717, 1.165) is 72.8 Å². The number of rotatable bonds is 27. The first-order valence-electron chi connectivity index (χ1n) is 44.6. The first-order chi connectivity index (χ1) is 66.5. The van der Waals surface area contributed by atoms with Gasteiger partial charge in [-0.3, -0.25) is 38.4 Å². The molecular weight excluding hydrogens is 1940 g/mol. The molecule has 0 aliphatic carbocycles. The molecule has 7 aromatic carbocycles. The van der Waals surface area contributed by atoms with Crippen molar-refractivity contribution >= 4 is 82.1 Å². The van der Waals surface area contributed by atoms with Crippen molar-refractivity contribution in [3.8, 4) is 62.9 Å². The van der Waals surface area contributed by atoms with Crippen LogP contribution in [0.5, 0.6) is 51.7 Å². The van der Waals surface area contributed by atoms with E-state index in [1.165, 1.54) is 63.4 Å². The first kappa shape index (κ1) is 109.